The normalized spacial score (nSPS) is 12.1. The van der Waals surface area contributed by atoms with Gasteiger partial charge in [-0.05, 0) is 24.3 Å². The molecule has 15 heavy (non-hydrogen) atoms. The Morgan fingerprint density at radius 1 is 1.20 bits per heavy atom. The molecule has 0 radical (unpaired) electrons. The lowest BCUT2D eigenvalue weighted by molar-refractivity contribution is 0.599. The van der Waals surface area contributed by atoms with E-state index >= 15 is 0 Å². The van der Waals surface area contributed by atoms with Crippen LogP contribution in [0.4, 0.5) is 0 Å². The summed E-state index contributed by atoms with van der Waals surface area (Å²) in [5.41, 5.74) is 0. The molecule has 0 aliphatic heterocycles. The summed E-state index contributed by atoms with van der Waals surface area (Å²) in [6.07, 6.45) is 3.18. The molecule has 0 N–H and O–H groups in total. The molecule has 0 saturated carbocycles. The molecule has 1 rings (SSSR count). The van der Waals surface area contributed by atoms with Gasteiger partial charge in [0.2, 0.25) is 0 Å². The minimum Gasteiger partial charge on any atom is -0.223 e. The van der Waals surface area contributed by atoms with E-state index in [2.05, 4.69) is 15.9 Å². The van der Waals surface area contributed by atoms with Crippen molar-refractivity contribution in [2.45, 2.75) is 4.90 Å². The van der Waals surface area contributed by atoms with Crippen LogP contribution in [0.5, 0.6) is 0 Å². The largest absolute Gasteiger partial charge is 0.223 e. The summed E-state index contributed by atoms with van der Waals surface area (Å²) in [6, 6.07) is 6.57. The lowest BCUT2D eigenvalue weighted by Gasteiger charge is -2.00. The molecule has 0 spiro atoms. The molecular formula is C10H10BrClO2S. The Labute approximate surface area is 103 Å². The van der Waals surface area contributed by atoms with Crippen LogP contribution in [0.15, 0.2) is 45.8 Å². The molecule has 1 aromatic rings. The molecule has 0 atom stereocenters. The van der Waals surface area contributed by atoms with E-state index in [-0.39, 0.29) is 5.75 Å². The third-order valence-electron chi connectivity index (χ3n) is 1.74. The highest BCUT2D eigenvalue weighted by molar-refractivity contribution is 9.10. The summed E-state index contributed by atoms with van der Waals surface area (Å²) in [5, 5.41) is 0. The fourth-order valence-corrected chi connectivity index (χ4v) is 2.52. The highest BCUT2D eigenvalue weighted by atomic mass is 79.9. The zero-order valence-electron chi connectivity index (χ0n) is 7.86. The molecule has 82 valence electrons. The molecule has 2 nitrogen and oxygen atoms in total. The predicted octanol–water partition coefficient (Wildman–Crippen LogP) is 3.02. The first-order valence-electron chi connectivity index (χ1n) is 4.25. The molecule has 0 saturated heterocycles. The van der Waals surface area contributed by atoms with E-state index in [1.54, 1.807) is 36.4 Å². The van der Waals surface area contributed by atoms with Crippen LogP contribution in [0, 0.1) is 0 Å². The third-order valence-corrected chi connectivity index (χ3v) is 4.07. The van der Waals surface area contributed by atoms with E-state index in [4.69, 9.17) is 11.6 Å². The van der Waals surface area contributed by atoms with Gasteiger partial charge in [-0.3, -0.25) is 0 Å². The maximum Gasteiger partial charge on any atom is 0.181 e. The number of rotatable bonds is 4. The van der Waals surface area contributed by atoms with E-state index < -0.39 is 9.84 Å². The van der Waals surface area contributed by atoms with Crippen LogP contribution in [-0.4, -0.2) is 20.1 Å². The maximum atomic E-state index is 11.7. The molecule has 0 aliphatic rings. The van der Waals surface area contributed by atoms with Gasteiger partial charge >= 0.3 is 0 Å². The first-order chi connectivity index (χ1) is 7.06. The SMILES string of the molecule is O=S(=O)(CC=CCCl)c1ccc(Br)cc1. The number of alkyl halides is 1. The van der Waals surface area contributed by atoms with Crippen molar-refractivity contribution in [3.8, 4) is 0 Å². The summed E-state index contributed by atoms with van der Waals surface area (Å²) in [7, 11) is -3.22. The van der Waals surface area contributed by atoms with Crippen molar-refractivity contribution in [2.24, 2.45) is 0 Å². The zero-order chi connectivity index (χ0) is 11.3. The van der Waals surface area contributed by atoms with E-state index in [1.165, 1.54) is 0 Å². The number of sulfone groups is 1. The van der Waals surface area contributed by atoms with Crippen molar-refractivity contribution in [3.05, 3.63) is 40.9 Å². The van der Waals surface area contributed by atoms with E-state index in [9.17, 15) is 8.42 Å². The van der Waals surface area contributed by atoms with Crippen LogP contribution in [0.3, 0.4) is 0 Å². The molecule has 5 heteroatoms. The number of allylic oxidation sites excluding steroid dienone is 1. The van der Waals surface area contributed by atoms with Crippen LogP contribution in [0.25, 0.3) is 0 Å². The lowest BCUT2D eigenvalue weighted by Crippen LogP contribution is -2.04. The Balaban J connectivity index is 2.87. The number of benzene rings is 1. The lowest BCUT2D eigenvalue weighted by atomic mass is 10.4. The molecular weight excluding hydrogens is 300 g/mol. The fraction of sp³-hybridized carbons (Fsp3) is 0.200. The van der Waals surface area contributed by atoms with Crippen molar-refractivity contribution in [3.63, 3.8) is 0 Å². The monoisotopic (exact) mass is 308 g/mol. The van der Waals surface area contributed by atoms with Crippen LogP contribution in [0.1, 0.15) is 0 Å². The second-order valence-electron chi connectivity index (χ2n) is 2.86. The van der Waals surface area contributed by atoms with Crippen LogP contribution < -0.4 is 0 Å². The summed E-state index contributed by atoms with van der Waals surface area (Å²) in [5.74, 6) is 0.317. The highest BCUT2D eigenvalue weighted by Crippen LogP contribution is 2.15. The van der Waals surface area contributed by atoms with Gasteiger partial charge in [0.1, 0.15) is 0 Å². The maximum absolute atomic E-state index is 11.7. The smallest absolute Gasteiger partial charge is 0.181 e. The first-order valence-corrected chi connectivity index (χ1v) is 7.23. The van der Waals surface area contributed by atoms with Crippen LogP contribution in [-0.2, 0) is 9.84 Å². The summed E-state index contributed by atoms with van der Waals surface area (Å²) in [4.78, 5) is 0.324. The number of hydrogen-bond acceptors (Lipinski definition) is 2. The van der Waals surface area contributed by atoms with Crippen molar-refractivity contribution >= 4 is 37.4 Å². The van der Waals surface area contributed by atoms with Gasteiger partial charge in [0.25, 0.3) is 0 Å². The summed E-state index contributed by atoms with van der Waals surface area (Å²) < 4.78 is 24.3. The molecule has 0 aromatic heterocycles. The Morgan fingerprint density at radius 2 is 1.80 bits per heavy atom. The third kappa shape index (κ3) is 3.97. The highest BCUT2D eigenvalue weighted by Gasteiger charge is 2.11. The average molecular weight is 310 g/mol. The minimum absolute atomic E-state index is 0.0125. The number of halogens is 2. The van der Waals surface area contributed by atoms with Gasteiger partial charge in [0.05, 0.1) is 10.6 Å². The van der Waals surface area contributed by atoms with Gasteiger partial charge in [0, 0.05) is 10.4 Å². The van der Waals surface area contributed by atoms with Crippen molar-refractivity contribution in [1.29, 1.82) is 0 Å². The van der Waals surface area contributed by atoms with Gasteiger partial charge in [-0.1, -0.05) is 28.1 Å². The molecule has 0 bridgehead atoms. The van der Waals surface area contributed by atoms with Crippen molar-refractivity contribution < 1.29 is 8.42 Å². The molecule has 0 unspecified atom stereocenters. The topological polar surface area (TPSA) is 34.1 Å². The Hall–Kier alpha value is -0.320. The molecule has 0 aliphatic carbocycles. The Bertz CT molecular complexity index is 437. The average Bonchev–Trinajstić information content (AvgIpc) is 2.18. The second kappa shape index (κ2) is 5.68. The number of hydrogen-bond donors (Lipinski definition) is 0. The van der Waals surface area contributed by atoms with Gasteiger partial charge < -0.3 is 0 Å². The summed E-state index contributed by atoms with van der Waals surface area (Å²) >= 11 is 8.66. The molecule has 1 aromatic carbocycles. The minimum atomic E-state index is -3.22. The first kappa shape index (κ1) is 12.7. The van der Waals surface area contributed by atoms with Gasteiger partial charge in [-0.15, -0.1) is 11.6 Å². The standard InChI is InChI=1S/C10H10BrClO2S/c11-9-3-5-10(6-4-9)15(13,14)8-2-1-7-12/h1-6H,7-8H2. The van der Waals surface area contributed by atoms with Crippen LogP contribution in [0.2, 0.25) is 0 Å². The van der Waals surface area contributed by atoms with Crippen molar-refractivity contribution in [2.75, 3.05) is 11.6 Å². The Kier molecular flexibility index (Phi) is 4.83. The molecule has 0 fully saturated rings. The van der Waals surface area contributed by atoms with Crippen LogP contribution >= 0.6 is 27.5 Å². The van der Waals surface area contributed by atoms with E-state index in [1.807, 2.05) is 0 Å². The predicted molar refractivity (Wildman–Crippen MR) is 66.1 cm³/mol. The van der Waals surface area contributed by atoms with E-state index in [0.717, 1.165) is 4.47 Å². The zero-order valence-corrected chi connectivity index (χ0v) is 11.0. The van der Waals surface area contributed by atoms with Crippen molar-refractivity contribution in [1.82, 2.24) is 0 Å². The van der Waals surface area contributed by atoms with E-state index in [0.29, 0.717) is 10.8 Å². The molecule has 0 amide bonds. The second-order valence-corrected chi connectivity index (χ2v) is 6.12. The van der Waals surface area contributed by atoms with Gasteiger partial charge in [0.15, 0.2) is 9.84 Å². The molecule has 0 heterocycles. The van der Waals surface area contributed by atoms with Gasteiger partial charge in [-0.2, -0.15) is 0 Å². The Morgan fingerprint density at radius 3 is 2.33 bits per heavy atom. The summed E-state index contributed by atoms with van der Waals surface area (Å²) in [6.45, 7) is 0. The van der Waals surface area contributed by atoms with Gasteiger partial charge in [-0.25, -0.2) is 8.42 Å². The quantitative estimate of drug-likeness (QED) is 0.633. The fourth-order valence-electron chi connectivity index (χ4n) is 0.996.